The van der Waals surface area contributed by atoms with Gasteiger partial charge in [-0.05, 0) is 56.6 Å². The molecule has 1 N–H and O–H groups in total. The molecule has 5 heteroatoms. The lowest BCUT2D eigenvalue weighted by Gasteiger charge is -2.37. The Balaban J connectivity index is 2.06. The van der Waals surface area contributed by atoms with Crippen molar-refractivity contribution in [1.29, 1.82) is 0 Å². The van der Waals surface area contributed by atoms with E-state index in [2.05, 4.69) is 12.2 Å². The van der Waals surface area contributed by atoms with Crippen LogP contribution in [0.15, 0.2) is 11.8 Å². The van der Waals surface area contributed by atoms with E-state index in [1.54, 1.807) is 6.26 Å². The number of ether oxygens (including phenoxy) is 1. The van der Waals surface area contributed by atoms with E-state index in [0.717, 1.165) is 44.4 Å². The number of halogens is 3. The largest absolute Gasteiger partial charge is 0.501 e. The van der Waals surface area contributed by atoms with Crippen LogP contribution in [-0.2, 0) is 4.74 Å². The number of nitrogens with one attached hydrogen (secondary N) is 1. The fourth-order valence-electron chi connectivity index (χ4n) is 3.54. The Morgan fingerprint density at radius 3 is 2.76 bits per heavy atom. The fourth-order valence-corrected chi connectivity index (χ4v) is 3.54. The summed E-state index contributed by atoms with van der Waals surface area (Å²) in [4.78, 5) is 0. The second kappa shape index (κ2) is 7.52. The molecule has 0 aromatic rings. The van der Waals surface area contributed by atoms with E-state index in [0.29, 0.717) is 6.42 Å². The van der Waals surface area contributed by atoms with Gasteiger partial charge in [0.1, 0.15) is 0 Å². The molecule has 2 rings (SSSR count). The van der Waals surface area contributed by atoms with Crippen LogP contribution in [0.25, 0.3) is 0 Å². The predicted octanol–water partition coefficient (Wildman–Crippen LogP) is 4.42. The van der Waals surface area contributed by atoms with E-state index in [1.165, 1.54) is 0 Å². The van der Waals surface area contributed by atoms with Crippen molar-refractivity contribution in [1.82, 2.24) is 5.32 Å². The molecule has 122 valence electrons. The lowest BCUT2D eigenvalue weighted by Crippen LogP contribution is -2.43. The minimum absolute atomic E-state index is 0.0513. The molecule has 2 aliphatic rings. The number of hydrogen-bond acceptors (Lipinski definition) is 2. The van der Waals surface area contributed by atoms with Gasteiger partial charge in [-0.3, -0.25) is 0 Å². The summed E-state index contributed by atoms with van der Waals surface area (Å²) >= 11 is 0. The van der Waals surface area contributed by atoms with Crippen molar-refractivity contribution in [2.45, 2.75) is 64.1 Å². The van der Waals surface area contributed by atoms with Gasteiger partial charge in [0.25, 0.3) is 0 Å². The molecule has 0 aromatic heterocycles. The van der Waals surface area contributed by atoms with Crippen molar-refractivity contribution >= 4 is 0 Å². The van der Waals surface area contributed by atoms with Crippen LogP contribution in [0.2, 0.25) is 0 Å². The lowest BCUT2D eigenvalue weighted by atomic mass is 9.75. The molecular weight excluding hydrogens is 279 g/mol. The van der Waals surface area contributed by atoms with Crippen LogP contribution in [0.3, 0.4) is 0 Å². The summed E-state index contributed by atoms with van der Waals surface area (Å²) in [5.74, 6) is -1.06. The van der Waals surface area contributed by atoms with Gasteiger partial charge >= 0.3 is 6.18 Å². The Morgan fingerprint density at radius 1 is 1.33 bits per heavy atom. The third kappa shape index (κ3) is 4.63. The van der Waals surface area contributed by atoms with Crippen molar-refractivity contribution < 1.29 is 17.9 Å². The SMILES string of the molecule is CCCNC(C1=COCCC1)C1CCCC(C(F)(F)F)C1. The summed E-state index contributed by atoms with van der Waals surface area (Å²) in [5.41, 5.74) is 1.16. The highest BCUT2D eigenvalue weighted by Crippen LogP contribution is 2.42. The molecule has 0 amide bonds. The van der Waals surface area contributed by atoms with Gasteiger partial charge in [-0.2, -0.15) is 13.2 Å². The maximum atomic E-state index is 13.0. The summed E-state index contributed by atoms with van der Waals surface area (Å²) in [6, 6.07) is 0.0513. The Kier molecular flexibility index (Phi) is 5.97. The Morgan fingerprint density at radius 2 is 2.14 bits per heavy atom. The van der Waals surface area contributed by atoms with Gasteiger partial charge in [0.05, 0.1) is 18.8 Å². The van der Waals surface area contributed by atoms with Crippen LogP contribution in [0.4, 0.5) is 13.2 Å². The number of alkyl halides is 3. The molecule has 0 bridgehead atoms. The van der Waals surface area contributed by atoms with Crippen molar-refractivity contribution in [2.75, 3.05) is 13.2 Å². The zero-order valence-corrected chi connectivity index (χ0v) is 12.7. The van der Waals surface area contributed by atoms with Crippen molar-refractivity contribution in [2.24, 2.45) is 11.8 Å². The van der Waals surface area contributed by atoms with Gasteiger partial charge in [0.15, 0.2) is 0 Å². The van der Waals surface area contributed by atoms with Crippen LogP contribution in [0.5, 0.6) is 0 Å². The highest BCUT2D eigenvalue weighted by molar-refractivity contribution is 5.12. The van der Waals surface area contributed by atoms with E-state index < -0.39 is 12.1 Å². The maximum absolute atomic E-state index is 13.0. The minimum atomic E-state index is -4.05. The molecule has 3 unspecified atom stereocenters. The molecule has 1 saturated carbocycles. The smallest absolute Gasteiger partial charge is 0.391 e. The second-order valence-corrected chi connectivity index (χ2v) is 6.26. The highest BCUT2D eigenvalue weighted by Gasteiger charge is 2.44. The van der Waals surface area contributed by atoms with Gasteiger partial charge in [0.2, 0.25) is 0 Å². The summed E-state index contributed by atoms with van der Waals surface area (Å²) in [7, 11) is 0. The lowest BCUT2D eigenvalue weighted by molar-refractivity contribution is -0.186. The third-order valence-corrected chi connectivity index (χ3v) is 4.63. The maximum Gasteiger partial charge on any atom is 0.391 e. The number of hydrogen-bond donors (Lipinski definition) is 1. The van der Waals surface area contributed by atoms with E-state index in [-0.39, 0.29) is 24.8 Å². The quantitative estimate of drug-likeness (QED) is 0.812. The second-order valence-electron chi connectivity index (χ2n) is 6.26. The third-order valence-electron chi connectivity index (χ3n) is 4.63. The van der Waals surface area contributed by atoms with Crippen LogP contribution < -0.4 is 5.32 Å². The van der Waals surface area contributed by atoms with Crippen LogP contribution in [0.1, 0.15) is 51.9 Å². The average molecular weight is 305 g/mol. The average Bonchev–Trinajstić information content (AvgIpc) is 2.48. The first kappa shape index (κ1) is 16.7. The Hall–Kier alpha value is -0.710. The van der Waals surface area contributed by atoms with Crippen LogP contribution in [-0.4, -0.2) is 25.4 Å². The summed E-state index contributed by atoms with van der Waals surface area (Å²) in [6.45, 7) is 3.64. The molecule has 0 radical (unpaired) electrons. The molecule has 0 aromatic carbocycles. The molecule has 1 aliphatic carbocycles. The highest BCUT2D eigenvalue weighted by atomic mass is 19.4. The fraction of sp³-hybridized carbons (Fsp3) is 0.875. The summed E-state index contributed by atoms with van der Waals surface area (Å²) in [6.07, 6.45) is 2.72. The van der Waals surface area contributed by atoms with Crippen molar-refractivity contribution in [3.63, 3.8) is 0 Å². The van der Waals surface area contributed by atoms with Gasteiger partial charge in [-0.25, -0.2) is 0 Å². The first-order valence-electron chi connectivity index (χ1n) is 8.13. The Labute approximate surface area is 125 Å². The van der Waals surface area contributed by atoms with Gasteiger partial charge in [0, 0.05) is 6.04 Å². The topological polar surface area (TPSA) is 21.3 Å². The van der Waals surface area contributed by atoms with Gasteiger partial charge in [-0.1, -0.05) is 13.3 Å². The molecule has 2 nitrogen and oxygen atoms in total. The molecule has 3 atom stereocenters. The van der Waals surface area contributed by atoms with Crippen molar-refractivity contribution in [3.05, 3.63) is 11.8 Å². The molecule has 1 aliphatic heterocycles. The first-order chi connectivity index (χ1) is 10.0. The predicted molar refractivity (Wildman–Crippen MR) is 76.9 cm³/mol. The standard InChI is InChI=1S/C16H26F3NO/c1-2-8-20-15(13-6-4-9-21-11-13)12-5-3-7-14(10-12)16(17,18)19/h11-12,14-15,20H,2-10H2,1H3. The molecule has 1 heterocycles. The zero-order chi connectivity index (χ0) is 15.3. The van der Waals surface area contributed by atoms with Crippen LogP contribution >= 0.6 is 0 Å². The summed E-state index contributed by atoms with van der Waals surface area (Å²) < 4.78 is 44.4. The van der Waals surface area contributed by atoms with E-state index >= 15 is 0 Å². The number of rotatable bonds is 5. The van der Waals surface area contributed by atoms with E-state index in [4.69, 9.17) is 4.74 Å². The monoisotopic (exact) mass is 305 g/mol. The van der Waals surface area contributed by atoms with Gasteiger partial charge < -0.3 is 10.1 Å². The van der Waals surface area contributed by atoms with Crippen molar-refractivity contribution in [3.8, 4) is 0 Å². The normalized spacial score (nSPS) is 28.7. The molecular formula is C16H26F3NO. The molecule has 0 saturated heterocycles. The van der Waals surface area contributed by atoms with E-state index in [9.17, 15) is 13.2 Å². The first-order valence-corrected chi connectivity index (χ1v) is 8.13. The molecule has 21 heavy (non-hydrogen) atoms. The Bertz CT molecular complexity index is 354. The zero-order valence-electron chi connectivity index (χ0n) is 12.7. The summed E-state index contributed by atoms with van der Waals surface area (Å²) in [5, 5.41) is 3.47. The molecule has 0 spiro atoms. The minimum Gasteiger partial charge on any atom is -0.501 e. The van der Waals surface area contributed by atoms with E-state index in [1.807, 2.05) is 0 Å². The molecule has 1 fully saturated rings. The van der Waals surface area contributed by atoms with Crippen LogP contribution in [0, 0.1) is 11.8 Å². The van der Waals surface area contributed by atoms with Gasteiger partial charge in [-0.15, -0.1) is 0 Å².